The molecule has 1 aromatic carbocycles. The van der Waals surface area contributed by atoms with E-state index in [1.807, 2.05) is 48.2 Å². The molecule has 6 heteroatoms. The number of aryl methyl sites for hydroxylation is 1. The summed E-state index contributed by atoms with van der Waals surface area (Å²) in [6, 6.07) is 12.9. The van der Waals surface area contributed by atoms with E-state index in [0.717, 1.165) is 28.3 Å². The van der Waals surface area contributed by atoms with E-state index in [9.17, 15) is 4.79 Å². The Balaban J connectivity index is 1.77. The number of furan rings is 1. The second kappa shape index (κ2) is 5.56. The van der Waals surface area contributed by atoms with Crippen LogP contribution in [-0.2, 0) is 6.54 Å². The lowest BCUT2D eigenvalue weighted by molar-refractivity contribution is 0.457. The molecule has 26 heavy (non-hydrogen) atoms. The summed E-state index contributed by atoms with van der Waals surface area (Å²) in [6.45, 7) is 2.34. The van der Waals surface area contributed by atoms with Gasteiger partial charge in [0.2, 0.25) is 5.95 Å². The first-order chi connectivity index (χ1) is 12.7. The van der Waals surface area contributed by atoms with E-state index >= 15 is 0 Å². The van der Waals surface area contributed by atoms with Crippen molar-refractivity contribution in [1.29, 1.82) is 0 Å². The zero-order chi connectivity index (χ0) is 17.7. The Kier molecular flexibility index (Phi) is 3.18. The molecule has 1 unspecified atom stereocenters. The molecule has 0 bridgehead atoms. The molecular formula is C20H16N4O2. The third-order valence-electron chi connectivity index (χ3n) is 4.79. The fourth-order valence-corrected chi connectivity index (χ4v) is 3.63. The number of fused-ring (bicyclic) bond motifs is 2. The molecule has 0 saturated carbocycles. The van der Waals surface area contributed by atoms with Gasteiger partial charge >= 0.3 is 0 Å². The normalized spacial score (nSPS) is 16.2. The zero-order valence-corrected chi connectivity index (χ0v) is 14.1. The molecule has 3 aromatic heterocycles. The van der Waals surface area contributed by atoms with Gasteiger partial charge in [0.1, 0.15) is 17.6 Å². The summed E-state index contributed by atoms with van der Waals surface area (Å²) in [7, 11) is 0. The van der Waals surface area contributed by atoms with Crippen LogP contribution >= 0.6 is 0 Å². The first-order valence-corrected chi connectivity index (χ1v) is 8.46. The van der Waals surface area contributed by atoms with E-state index in [1.54, 1.807) is 18.5 Å². The highest BCUT2D eigenvalue weighted by molar-refractivity contribution is 5.80. The Bertz CT molecular complexity index is 1160. The minimum absolute atomic E-state index is 0.0426. The van der Waals surface area contributed by atoms with E-state index < -0.39 is 0 Å². The smallest absolute Gasteiger partial charge is 0.226 e. The van der Waals surface area contributed by atoms with Crippen LogP contribution in [-0.4, -0.2) is 15.0 Å². The Labute approximate surface area is 149 Å². The molecule has 1 atom stereocenters. The lowest BCUT2D eigenvalue weighted by Crippen LogP contribution is -2.24. The molecule has 0 spiro atoms. The van der Waals surface area contributed by atoms with Crippen molar-refractivity contribution in [3.63, 3.8) is 0 Å². The summed E-state index contributed by atoms with van der Waals surface area (Å²) >= 11 is 0. The number of para-hydroxylation sites is 1. The van der Waals surface area contributed by atoms with Gasteiger partial charge in [-0.3, -0.25) is 4.79 Å². The number of nitrogens with zero attached hydrogens (tertiary/aromatic N) is 3. The highest BCUT2D eigenvalue weighted by Gasteiger charge is 2.38. The molecule has 0 aliphatic carbocycles. The predicted molar refractivity (Wildman–Crippen MR) is 98.1 cm³/mol. The van der Waals surface area contributed by atoms with Crippen LogP contribution in [0.4, 0.5) is 5.95 Å². The molecule has 5 rings (SSSR count). The Morgan fingerprint density at radius 2 is 1.92 bits per heavy atom. The van der Waals surface area contributed by atoms with Crippen molar-refractivity contribution in [2.24, 2.45) is 0 Å². The molecule has 4 aromatic rings. The maximum atomic E-state index is 13.1. The number of hydrogen-bond acceptors (Lipinski definition) is 5. The Morgan fingerprint density at radius 3 is 2.69 bits per heavy atom. The van der Waals surface area contributed by atoms with Gasteiger partial charge in [0.25, 0.3) is 0 Å². The molecule has 0 radical (unpaired) electrons. The summed E-state index contributed by atoms with van der Waals surface area (Å²) in [5.74, 6) is 2.16. The van der Waals surface area contributed by atoms with E-state index in [4.69, 9.17) is 4.42 Å². The molecule has 0 fully saturated rings. The maximum absolute atomic E-state index is 13.1. The number of nitrogens with one attached hydrogen (secondary N) is 1. The molecule has 1 aliphatic heterocycles. The summed E-state index contributed by atoms with van der Waals surface area (Å²) in [6.07, 6.45) is 3.40. The molecule has 4 heterocycles. The van der Waals surface area contributed by atoms with Crippen LogP contribution in [0.15, 0.2) is 64.1 Å². The number of H-pyrrole nitrogens is 1. The second-order valence-corrected chi connectivity index (χ2v) is 6.42. The lowest BCUT2D eigenvalue weighted by Gasteiger charge is -2.23. The summed E-state index contributed by atoms with van der Waals surface area (Å²) < 4.78 is 5.91. The first-order valence-electron chi connectivity index (χ1n) is 8.46. The molecular weight excluding hydrogens is 328 g/mol. The van der Waals surface area contributed by atoms with Crippen LogP contribution < -0.4 is 10.3 Å². The number of anilines is 1. The second-order valence-electron chi connectivity index (χ2n) is 6.42. The molecule has 128 valence electrons. The van der Waals surface area contributed by atoms with Gasteiger partial charge < -0.3 is 14.3 Å². The summed E-state index contributed by atoms with van der Waals surface area (Å²) in [4.78, 5) is 27.3. The third kappa shape index (κ3) is 2.15. The van der Waals surface area contributed by atoms with Crippen LogP contribution in [0.3, 0.4) is 0 Å². The quantitative estimate of drug-likeness (QED) is 0.604. The third-order valence-corrected chi connectivity index (χ3v) is 4.79. The average Bonchev–Trinajstić information content (AvgIpc) is 3.26. The van der Waals surface area contributed by atoms with E-state index in [-0.39, 0.29) is 11.5 Å². The van der Waals surface area contributed by atoms with Gasteiger partial charge in [-0.15, -0.1) is 0 Å². The lowest BCUT2D eigenvalue weighted by atomic mass is 10.1. The number of benzene rings is 1. The average molecular weight is 344 g/mol. The molecule has 0 saturated heterocycles. The molecule has 1 N–H and O–H groups in total. The summed E-state index contributed by atoms with van der Waals surface area (Å²) in [5.41, 5.74) is 2.44. The molecule has 6 nitrogen and oxygen atoms in total. The largest absolute Gasteiger partial charge is 0.464 e. The standard InChI is InChI=1S/C20H16N4O2/c1-12-7-8-16(26-12)18-17-14(11-24(18)20-21-9-4-10-22-20)19(25)13-5-2-3-6-15(13)23-17/h2-10,18H,11H2,1H3,(H,23,25). The monoisotopic (exact) mass is 344 g/mol. The van der Waals surface area contributed by atoms with Crippen molar-refractivity contribution < 1.29 is 4.42 Å². The van der Waals surface area contributed by atoms with Crippen LogP contribution in [0, 0.1) is 6.92 Å². The van der Waals surface area contributed by atoms with Crippen LogP contribution in [0.25, 0.3) is 10.9 Å². The number of aromatic amines is 1. The first kappa shape index (κ1) is 14.9. The van der Waals surface area contributed by atoms with E-state index in [0.29, 0.717) is 17.9 Å². The van der Waals surface area contributed by atoms with Gasteiger partial charge in [-0.2, -0.15) is 0 Å². The van der Waals surface area contributed by atoms with Crippen LogP contribution in [0.2, 0.25) is 0 Å². The SMILES string of the molecule is Cc1ccc(C2c3[nH]c4ccccc4c(=O)c3CN2c2ncccn2)o1. The van der Waals surface area contributed by atoms with Crippen molar-refractivity contribution in [2.75, 3.05) is 4.90 Å². The molecule has 0 amide bonds. The van der Waals surface area contributed by atoms with Crippen molar-refractivity contribution in [3.05, 3.63) is 87.9 Å². The number of hydrogen-bond donors (Lipinski definition) is 1. The van der Waals surface area contributed by atoms with Gasteiger partial charge in [-0.25, -0.2) is 9.97 Å². The van der Waals surface area contributed by atoms with E-state index in [1.165, 1.54) is 0 Å². The van der Waals surface area contributed by atoms with Gasteiger partial charge in [-0.05, 0) is 37.3 Å². The highest BCUT2D eigenvalue weighted by Crippen LogP contribution is 2.39. The van der Waals surface area contributed by atoms with Gasteiger partial charge in [0.15, 0.2) is 5.43 Å². The number of rotatable bonds is 2. The fraction of sp³-hybridized carbons (Fsp3) is 0.150. The van der Waals surface area contributed by atoms with Crippen LogP contribution in [0.1, 0.15) is 28.8 Å². The highest BCUT2D eigenvalue weighted by atomic mass is 16.3. The Morgan fingerprint density at radius 1 is 1.12 bits per heavy atom. The number of pyridine rings is 1. The van der Waals surface area contributed by atoms with Gasteiger partial charge in [0.05, 0.1) is 12.2 Å². The van der Waals surface area contributed by atoms with Crippen LogP contribution in [0.5, 0.6) is 0 Å². The van der Waals surface area contributed by atoms with Crippen molar-refractivity contribution in [3.8, 4) is 0 Å². The Hall–Kier alpha value is -3.41. The summed E-state index contributed by atoms with van der Waals surface area (Å²) in [5, 5.41) is 0.691. The van der Waals surface area contributed by atoms with Crippen molar-refractivity contribution >= 4 is 16.9 Å². The minimum atomic E-state index is -0.265. The minimum Gasteiger partial charge on any atom is -0.464 e. The predicted octanol–water partition coefficient (Wildman–Crippen LogP) is 3.33. The van der Waals surface area contributed by atoms with Gasteiger partial charge in [-0.1, -0.05) is 12.1 Å². The topological polar surface area (TPSA) is 75.0 Å². The van der Waals surface area contributed by atoms with Crippen molar-refractivity contribution in [1.82, 2.24) is 15.0 Å². The van der Waals surface area contributed by atoms with E-state index in [2.05, 4.69) is 15.0 Å². The molecule has 1 aliphatic rings. The number of aromatic nitrogens is 3. The fourth-order valence-electron chi connectivity index (χ4n) is 3.63. The van der Waals surface area contributed by atoms with Gasteiger partial charge in [0, 0.05) is 28.9 Å². The van der Waals surface area contributed by atoms with Crippen molar-refractivity contribution in [2.45, 2.75) is 19.5 Å². The zero-order valence-electron chi connectivity index (χ0n) is 14.1. The maximum Gasteiger partial charge on any atom is 0.226 e.